The quantitative estimate of drug-likeness (QED) is 0.526. The number of pyridine rings is 1. The van der Waals surface area contributed by atoms with Crippen LogP contribution in [0.4, 0.5) is 5.69 Å². The SMILES string of the molecule is COCn1ccc2c(N(CCCN(C)C)C(=O)c3ccccc3Br)ccnc21. The van der Waals surface area contributed by atoms with Gasteiger partial charge < -0.3 is 19.1 Å². The summed E-state index contributed by atoms with van der Waals surface area (Å²) < 4.78 is 7.97. The molecule has 0 bridgehead atoms. The van der Waals surface area contributed by atoms with Gasteiger partial charge in [0.15, 0.2) is 0 Å². The van der Waals surface area contributed by atoms with Crippen LogP contribution >= 0.6 is 15.9 Å². The monoisotopic (exact) mass is 444 g/mol. The molecule has 0 unspecified atom stereocenters. The topological polar surface area (TPSA) is 50.6 Å². The molecule has 0 aliphatic carbocycles. The molecule has 0 N–H and O–H groups in total. The molecule has 3 aromatic rings. The number of amides is 1. The number of fused-ring (bicyclic) bond motifs is 1. The smallest absolute Gasteiger partial charge is 0.259 e. The molecule has 0 saturated heterocycles. The Hall–Kier alpha value is -2.22. The predicted molar refractivity (Wildman–Crippen MR) is 116 cm³/mol. The van der Waals surface area contributed by atoms with Crippen LogP contribution < -0.4 is 4.90 Å². The van der Waals surface area contributed by atoms with Gasteiger partial charge in [-0.3, -0.25) is 4.79 Å². The zero-order valence-electron chi connectivity index (χ0n) is 16.4. The summed E-state index contributed by atoms with van der Waals surface area (Å²) in [5, 5.41) is 0.935. The van der Waals surface area contributed by atoms with E-state index in [1.165, 1.54) is 0 Å². The number of hydrogen-bond acceptors (Lipinski definition) is 4. The second kappa shape index (κ2) is 9.32. The number of ether oxygens (including phenoxy) is 1. The fourth-order valence-electron chi connectivity index (χ4n) is 3.21. The first kappa shape index (κ1) is 20.5. The zero-order valence-corrected chi connectivity index (χ0v) is 18.0. The van der Waals surface area contributed by atoms with Crippen molar-refractivity contribution < 1.29 is 9.53 Å². The lowest BCUT2D eigenvalue weighted by molar-refractivity contribution is 0.0985. The number of nitrogens with zero attached hydrogens (tertiary/aromatic N) is 4. The summed E-state index contributed by atoms with van der Waals surface area (Å²) >= 11 is 3.51. The molecule has 6 nitrogen and oxygen atoms in total. The largest absolute Gasteiger partial charge is 0.364 e. The van der Waals surface area contributed by atoms with Gasteiger partial charge in [-0.15, -0.1) is 0 Å². The van der Waals surface area contributed by atoms with Crippen molar-refractivity contribution in [1.29, 1.82) is 0 Å². The van der Waals surface area contributed by atoms with Crippen molar-refractivity contribution in [2.45, 2.75) is 13.2 Å². The van der Waals surface area contributed by atoms with Gasteiger partial charge in [0.2, 0.25) is 0 Å². The van der Waals surface area contributed by atoms with Crippen molar-refractivity contribution in [2.75, 3.05) is 39.2 Å². The summed E-state index contributed by atoms with van der Waals surface area (Å²) in [5.41, 5.74) is 2.31. The van der Waals surface area contributed by atoms with E-state index < -0.39 is 0 Å². The predicted octanol–water partition coefficient (Wildman–Crippen LogP) is 4.00. The van der Waals surface area contributed by atoms with Crippen LogP contribution in [0, 0.1) is 0 Å². The van der Waals surface area contributed by atoms with E-state index in [9.17, 15) is 4.79 Å². The number of methoxy groups -OCH3 is 1. The molecular formula is C21H25BrN4O2. The average molecular weight is 445 g/mol. The Bertz CT molecular complexity index is 954. The molecule has 1 aromatic carbocycles. The second-order valence-corrected chi connectivity index (χ2v) is 7.72. The molecule has 0 aliphatic rings. The third-order valence-electron chi connectivity index (χ3n) is 4.53. The standard InChI is InChI=1S/C21H25BrN4O2/c1-24(2)12-6-13-26(21(27)16-7-4-5-8-18(16)22)19-9-11-23-20-17(19)10-14-25(20)15-28-3/h4-5,7-11,14H,6,12-13,15H2,1-3H3. The molecule has 148 valence electrons. The summed E-state index contributed by atoms with van der Waals surface area (Å²) in [6, 6.07) is 11.4. The molecular weight excluding hydrogens is 420 g/mol. The molecule has 2 aromatic heterocycles. The van der Waals surface area contributed by atoms with Crippen LogP contribution in [0.15, 0.2) is 53.3 Å². The Balaban J connectivity index is 2.03. The number of rotatable bonds is 8. The summed E-state index contributed by atoms with van der Waals surface area (Å²) in [4.78, 5) is 21.9. The zero-order chi connectivity index (χ0) is 20.1. The molecule has 0 saturated carbocycles. The Morgan fingerprint density at radius 3 is 2.68 bits per heavy atom. The maximum Gasteiger partial charge on any atom is 0.259 e. The Morgan fingerprint density at radius 1 is 1.18 bits per heavy atom. The van der Waals surface area contributed by atoms with Crippen LogP contribution in [0.5, 0.6) is 0 Å². The molecule has 0 radical (unpaired) electrons. The number of aromatic nitrogens is 2. The van der Waals surface area contributed by atoms with E-state index in [0.29, 0.717) is 18.8 Å². The molecule has 0 spiro atoms. The molecule has 1 amide bonds. The fourth-order valence-corrected chi connectivity index (χ4v) is 3.67. The summed E-state index contributed by atoms with van der Waals surface area (Å²) in [6.07, 6.45) is 4.55. The van der Waals surface area contributed by atoms with E-state index >= 15 is 0 Å². The molecule has 0 fully saturated rings. The normalized spacial score (nSPS) is 11.3. The minimum absolute atomic E-state index is 0.0294. The number of hydrogen-bond donors (Lipinski definition) is 0. The first-order chi connectivity index (χ1) is 13.5. The van der Waals surface area contributed by atoms with Gasteiger partial charge in [-0.2, -0.15) is 0 Å². The van der Waals surface area contributed by atoms with Gasteiger partial charge in [0.1, 0.15) is 12.4 Å². The van der Waals surface area contributed by atoms with Gasteiger partial charge in [0.25, 0.3) is 5.91 Å². The Morgan fingerprint density at radius 2 is 1.96 bits per heavy atom. The fraction of sp³-hybridized carbons (Fsp3) is 0.333. The van der Waals surface area contributed by atoms with Gasteiger partial charge in [0, 0.05) is 35.9 Å². The van der Waals surface area contributed by atoms with Gasteiger partial charge >= 0.3 is 0 Å². The average Bonchev–Trinajstić information content (AvgIpc) is 3.09. The van der Waals surface area contributed by atoms with Crippen molar-refractivity contribution in [1.82, 2.24) is 14.5 Å². The van der Waals surface area contributed by atoms with E-state index in [1.54, 1.807) is 13.3 Å². The number of anilines is 1. The number of benzene rings is 1. The van der Waals surface area contributed by atoms with Crippen LogP contribution in [0.25, 0.3) is 11.0 Å². The first-order valence-corrected chi connectivity index (χ1v) is 9.96. The Kier molecular flexibility index (Phi) is 6.83. The van der Waals surface area contributed by atoms with Gasteiger partial charge in [-0.25, -0.2) is 4.98 Å². The molecule has 2 heterocycles. The van der Waals surface area contributed by atoms with Gasteiger partial charge in [-0.05, 0) is 67.3 Å². The van der Waals surface area contributed by atoms with Crippen molar-refractivity contribution in [3.05, 3.63) is 58.8 Å². The molecule has 7 heteroatoms. The van der Waals surface area contributed by atoms with Crippen molar-refractivity contribution in [3.63, 3.8) is 0 Å². The molecule has 3 rings (SSSR count). The third kappa shape index (κ3) is 4.43. The van der Waals surface area contributed by atoms with E-state index in [0.717, 1.165) is 34.2 Å². The van der Waals surface area contributed by atoms with Crippen LogP contribution in [0.3, 0.4) is 0 Å². The number of halogens is 1. The maximum atomic E-state index is 13.4. The van der Waals surface area contributed by atoms with Crippen LogP contribution in [0.2, 0.25) is 0 Å². The summed E-state index contributed by atoms with van der Waals surface area (Å²) in [6.45, 7) is 1.93. The highest BCUT2D eigenvalue weighted by atomic mass is 79.9. The van der Waals surface area contributed by atoms with Crippen LogP contribution in [-0.2, 0) is 11.5 Å². The minimum atomic E-state index is -0.0294. The van der Waals surface area contributed by atoms with Crippen LogP contribution in [0.1, 0.15) is 16.8 Å². The van der Waals surface area contributed by atoms with E-state index in [2.05, 4.69) is 25.8 Å². The third-order valence-corrected chi connectivity index (χ3v) is 5.23. The highest BCUT2D eigenvalue weighted by Gasteiger charge is 2.22. The lowest BCUT2D eigenvalue weighted by atomic mass is 10.1. The van der Waals surface area contributed by atoms with Crippen molar-refractivity contribution >= 4 is 38.6 Å². The van der Waals surface area contributed by atoms with Crippen molar-refractivity contribution in [3.8, 4) is 0 Å². The van der Waals surface area contributed by atoms with Crippen LogP contribution in [-0.4, -0.2) is 54.7 Å². The van der Waals surface area contributed by atoms with E-state index in [4.69, 9.17) is 4.74 Å². The summed E-state index contributed by atoms with van der Waals surface area (Å²) in [5.74, 6) is -0.0294. The first-order valence-electron chi connectivity index (χ1n) is 9.17. The Labute approximate surface area is 173 Å². The molecule has 0 aliphatic heterocycles. The van der Waals surface area contributed by atoms with E-state index in [-0.39, 0.29) is 5.91 Å². The number of carbonyl (C=O) groups is 1. The lowest BCUT2D eigenvalue weighted by Crippen LogP contribution is -2.34. The summed E-state index contributed by atoms with van der Waals surface area (Å²) in [7, 11) is 5.73. The van der Waals surface area contributed by atoms with Gasteiger partial charge in [0.05, 0.1) is 11.3 Å². The second-order valence-electron chi connectivity index (χ2n) is 6.86. The lowest BCUT2D eigenvalue weighted by Gasteiger charge is -2.25. The maximum absolute atomic E-state index is 13.4. The molecule has 0 atom stereocenters. The number of carbonyl (C=O) groups excluding carboxylic acids is 1. The highest BCUT2D eigenvalue weighted by Crippen LogP contribution is 2.29. The molecule has 28 heavy (non-hydrogen) atoms. The van der Waals surface area contributed by atoms with Crippen molar-refractivity contribution in [2.24, 2.45) is 0 Å². The van der Waals surface area contributed by atoms with E-state index in [1.807, 2.05) is 66.2 Å². The minimum Gasteiger partial charge on any atom is -0.364 e. The van der Waals surface area contributed by atoms with Gasteiger partial charge in [-0.1, -0.05) is 12.1 Å². The highest BCUT2D eigenvalue weighted by molar-refractivity contribution is 9.10.